The van der Waals surface area contributed by atoms with E-state index in [1.807, 2.05) is 0 Å². The molecule has 22 heavy (non-hydrogen) atoms. The number of tetrazole rings is 1. The molecule has 1 aromatic heterocycles. The van der Waals surface area contributed by atoms with Crippen molar-refractivity contribution in [3.63, 3.8) is 0 Å². The second kappa shape index (κ2) is 6.18. The zero-order chi connectivity index (χ0) is 16.5. The van der Waals surface area contributed by atoms with E-state index in [1.54, 1.807) is 12.1 Å². The van der Waals surface area contributed by atoms with Crippen LogP contribution in [-0.2, 0) is 28.0 Å². The third-order valence-corrected chi connectivity index (χ3v) is 3.95. The molecule has 9 nitrogen and oxygen atoms in total. The van der Waals surface area contributed by atoms with Gasteiger partial charge in [0.15, 0.2) is 0 Å². The predicted octanol–water partition coefficient (Wildman–Crippen LogP) is 0.213. The second-order valence-corrected chi connectivity index (χ2v) is 6.84. The van der Waals surface area contributed by atoms with Crippen LogP contribution in [0.5, 0.6) is 5.75 Å². The van der Waals surface area contributed by atoms with Gasteiger partial charge in [0.25, 0.3) is 10.1 Å². The number of nitrogens with zero attached hydrogens (tertiary/aromatic N) is 4. The number of hydrogen-bond donors (Lipinski definition) is 0. The van der Waals surface area contributed by atoms with Crippen molar-refractivity contribution < 1.29 is 17.3 Å². The summed E-state index contributed by atoms with van der Waals surface area (Å²) in [6, 6.07) is 3.27. The summed E-state index contributed by atoms with van der Waals surface area (Å²) in [5.74, 6) is 0.361. The normalized spacial score (nSPS) is 11.6. The van der Waals surface area contributed by atoms with Crippen LogP contribution in [0.4, 0.5) is 0 Å². The Bertz CT molecular complexity index is 858. The van der Waals surface area contributed by atoms with Crippen LogP contribution in [0.2, 0.25) is 0 Å². The maximum Gasteiger partial charge on any atom is 0.368 e. The Morgan fingerprint density at radius 3 is 2.50 bits per heavy atom. The summed E-state index contributed by atoms with van der Waals surface area (Å²) in [5, 5.41) is 7.39. The molecular weight excluding hydrogens is 380 g/mol. The van der Waals surface area contributed by atoms with E-state index < -0.39 is 15.8 Å². The molecule has 2 rings (SSSR count). The molecule has 0 saturated carbocycles. The minimum Gasteiger partial charge on any atom is -0.496 e. The monoisotopic (exact) mass is 392 g/mol. The molecule has 0 radical (unpaired) electrons. The third-order valence-electron chi connectivity index (χ3n) is 2.76. The van der Waals surface area contributed by atoms with Crippen molar-refractivity contribution in [1.82, 2.24) is 19.8 Å². The first-order valence-electron chi connectivity index (χ1n) is 5.93. The van der Waals surface area contributed by atoms with E-state index in [-0.39, 0.29) is 6.61 Å². The molecule has 0 fully saturated rings. The largest absolute Gasteiger partial charge is 0.496 e. The molecule has 0 unspecified atom stereocenters. The molecule has 0 bridgehead atoms. The first-order chi connectivity index (χ1) is 10.2. The van der Waals surface area contributed by atoms with Gasteiger partial charge in [-0.25, -0.2) is 4.79 Å². The Hall–Kier alpha value is -1.72. The second-order valence-electron chi connectivity index (χ2n) is 4.34. The number of aryl methyl sites for hydroxylation is 1. The van der Waals surface area contributed by atoms with Crippen LogP contribution < -0.4 is 10.4 Å². The average Bonchev–Trinajstić information content (AvgIpc) is 2.76. The molecule has 0 amide bonds. The highest BCUT2D eigenvalue weighted by Gasteiger charge is 2.20. The summed E-state index contributed by atoms with van der Waals surface area (Å²) < 4.78 is 35.1. The Morgan fingerprint density at radius 1 is 1.32 bits per heavy atom. The lowest BCUT2D eigenvalue weighted by Crippen LogP contribution is -2.23. The maximum atomic E-state index is 12.1. The van der Waals surface area contributed by atoms with Crippen molar-refractivity contribution in [3.8, 4) is 11.4 Å². The third kappa shape index (κ3) is 3.36. The summed E-state index contributed by atoms with van der Waals surface area (Å²) in [7, 11) is -0.786. The topological polar surface area (TPSA) is 105 Å². The lowest BCUT2D eigenvalue weighted by Gasteiger charge is -2.14. The lowest BCUT2D eigenvalue weighted by atomic mass is 10.1. The molecule has 1 heterocycles. The number of halogens is 1. The van der Waals surface area contributed by atoms with Crippen molar-refractivity contribution in [3.05, 3.63) is 32.7 Å². The Labute approximate surface area is 134 Å². The van der Waals surface area contributed by atoms with Crippen LogP contribution in [0.25, 0.3) is 5.69 Å². The standard InChI is InChI=1S/C11H13BrN4O5S/c1-15-11(17)16(14-13-15)10-7(6-21-22(3,18)19)9(20-2)5-4-8(10)12/h4-5H,6H2,1-3H3. The fourth-order valence-electron chi connectivity index (χ4n) is 1.77. The minimum atomic E-state index is -3.66. The van der Waals surface area contributed by atoms with Crippen LogP contribution in [0, 0.1) is 0 Å². The molecule has 0 aliphatic heterocycles. The molecule has 0 N–H and O–H groups in total. The minimum absolute atomic E-state index is 0.306. The van der Waals surface area contributed by atoms with Crippen molar-refractivity contribution in [1.29, 1.82) is 0 Å². The summed E-state index contributed by atoms with van der Waals surface area (Å²) in [6.45, 7) is -0.306. The molecule has 120 valence electrons. The molecule has 0 atom stereocenters. The Kier molecular flexibility index (Phi) is 4.68. The van der Waals surface area contributed by atoms with Gasteiger partial charge >= 0.3 is 5.69 Å². The van der Waals surface area contributed by atoms with E-state index in [0.29, 0.717) is 21.5 Å². The van der Waals surface area contributed by atoms with Crippen LogP contribution in [0.15, 0.2) is 21.4 Å². The van der Waals surface area contributed by atoms with E-state index >= 15 is 0 Å². The van der Waals surface area contributed by atoms with Crippen LogP contribution in [0.3, 0.4) is 0 Å². The number of aromatic nitrogens is 4. The summed E-state index contributed by atoms with van der Waals surface area (Å²) in [6.07, 6.45) is 0.936. The van der Waals surface area contributed by atoms with E-state index in [9.17, 15) is 13.2 Å². The van der Waals surface area contributed by atoms with Crippen LogP contribution >= 0.6 is 15.9 Å². The Balaban J connectivity index is 2.66. The van der Waals surface area contributed by atoms with E-state index in [1.165, 1.54) is 14.2 Å². The predicted molar refractivity (Wildman–Crippen MR) is 80.5 cm³/mol. The van der Waals surface area contributed by atoms with Gasteiger partial charge in [-0.15, -0.1) is 0 Å². The maximum absolute atomic E-state index is 12.1. The zero-order valence-electron chi connectivity index (χ0n) is 12.0. The fraction of sp³-hybridized carbons (Fsp3) is 0.364. The number of hydrogen-bond acceptors (Lipinski definition) is 7. The summed E-state index contributed by atoms with van der Waals surface area (Å²) >= 11 is 3.31. The van der Waals surface area contributed by atoms with Crippen LogP contribution in [0.1, 0.15) is 5.56 Å². The lowest BCUT2D eigenvalue weighted by molar-refractivity contribution is 0.301. The number of methoxy groups -OCH3 is 1. The molecule has 1 aromatic carbocycles. The van der Waals surface area contributed by atoms with Gasteiger partial charge in [0.1, 0.15) is 5.75 Å². The molecule has 0 aliphatic rings. The van der Waals surface area contributed by atoms with Crippen molar-refractivity contribution in [2.45, 2.75) is 6.61 Å². The van der Waals surface area contributed by atoms with Gasteiger partial charge in [0.05, 0.1) is 25.7 Å². The van der Waals surface area contributed by atoms with Gasteiger partial charge < -0.3 is 4.74 Å². The molecular formula is C11H13BrN4O5S. The van der Waals surface area contributed by atoms with Crippen LogP contribution in [-0.4, -0.2) is 41.6 Å². The molecule has 0 saturated heterocycles. The number of rotatable bonds is 5. The molecule has 11 heteroatoms. The quantitative estimate of drug-likeness (QED) is 0.669. The van der Waals surface area contributed by atoms with E-state index in [0.717, 1.165) is 15.6 Å². The highest BCUT2D eigenvalue weighted by atomic mass is 79.9. The van der Waals surface area contributed by atoms with Crippen molar-refractivity contribution >= 4 is 26.0 Å². The smallest absolute Gasteiger partial charge is 0.368 e. The van der Waals surface area contributed by atoms with Gasteiger partial charge in [0.2, 0.25) is 0 Å². The molecule has 0 aliphatic carbocycles. The van der Waals surface area contributed by atoms with E-state index in [4.69, 9.17) is 8.92 Å². The molecule has 0 spiro atoms. The number of benzene rings is 1. The molecule has 2 aromatic rings. The van der Waals surface area contributed by atoms with Gasteiger partial charge in [-0.2, -0.15) is 17.8 Å². The van der Waals surface area contributed by atoms with Crippen molar-refractivity contribution in [2.24, 2.45) is 7.05 Å². The summed E-state index contributed by atoms with van der Waals surface area (Å²) in [5.41, 5.74) is 0.167. The first-order valence-corrected chi connectivity index (χ1v) is 8.54. The van der Waals surface area contributed by atoms with Gasteiger partial charge in [-0.05, 0) is 38.5 Å². The van der Waals surface area contributed by atoms with Gasteiger partial charge in [-0.1, -0.05) is 0 Å². The highest BCUT2D eigenvalue weighted by Crippen LogP contribution is 2.32. The highest BCUT2D eigenvalue weighted by molar-refractivity contribution is 9.10. The first kappa shape index (κ1) is 16.6. The van der Waals surface area contributed by atoms with Gasteiger partial charge in [-0.3, -0.25) is 4.18 Å². The zero-order valence-corrected chi connectivity index (χ0v) is 14.4. The van der Waals surface area contributed by atoms with Crippen molar-refractivity contribution in [2.75, 3.05) is 13.4 Å². The van der Waals surface area contributed by atoms with E-state index in [2.05, 4.69) is 26.4 Å². The average molecular weight is 393 g/mol. The SMILES string of the molecule is COc1ccc(Br)c(-n2nnn(C)c2=O)c1COS(C)(=O)=O. The fourth-order valence-corrected chi connectivity index (χ4v) is 2.64. The Morgan fingerprint density at radius 2 is 2.00 bits per heavy atom. The number of ether oxygens (including phenoxy) is 1. The van der Waals surface area contributed by atoms with Gasteiger partial charge in [0, 0.05) is 17.1 Å². The summed E-state index contributed by atoms with van der Waals surface area (Å²) in [4.78, 5) is 12.1.